The Morgan fingerprint density at radius 1 is 1.11 bits per heavy atom. The lowest BCUT2D eigenvalue weighted by atomic mass is 9.83. The summed E-state index contributed by atoms with van der Waals surface area (Å²) in [5.74, 6) is 0.374. The molecule has 0 N–H and O–H groups in total. The summed E-state index contributed by atoms with van der Waals surface area (Å²) in [5.41, 5.74) is 2.56. The topological polar surface area (TPSA) is 77.9 Å². The van der Waals surface area contributed by atoms with E-state index >= 15 is 0 Å². The van der Waals surface area contributed by atoms with Gasteiger partial charge < -0.3 is 4.74 Å². The van der Waals surface area contributed by atoms with Crippen LogP contribution in [0.5, 0.6) is 0 Å². The summed E-state index contributed by atoms with van der Waals surface area (Å²) in [6.07, 6.45) is 4.37. The number of nitrogens with zero attached hydrogens (tertiary/aromatic N) is 4. The van der Waals surface area contributed by atoms with Crippen molar-refractivity contribution in [1.82, 2.24) is 20.4 Å². The van der Waals surface area contributed by atoms with Gasteiger partial charge in [0.05, 0.1) is 23.7 Å². The molecule has 0 amide bonds. The van der Waals surface area contributed by atoms with Crippen LogP contribution in [0.15, 0.2) is 24.3 Å². The van der Waals surface area contributed by atoms with Gasteiger partial charge in [-0.15, -0.1) is 10.2 Å². The maximum atomic E-state index is 12.7. The number of aromatic nitrogens is 4. The van der Waals surface area contributed by atoms with Crippen molar-refractivity contribution in [3.63, 3.8) is 0 Å². The van der Waals surface area contributed by atoms with Gasteiger partial charge in [-0.05, 0) is 56.9 Å². The number of ketones is 1. The summed E-state index contributed by atoms with van der Waals surface area (Å²) < 4.78 is 5.39. The normalized spacial score (nSPS) is 20.1. The molecule has 0 unspecified atom stereocenters. The van der Waals surface area contributed by atoms with Gasteiger partial charge >= 0.3 is 0 Å². The van der Waals surface area contributed by atoms with E-state index in [0.717, 1.165) is 57.9 Å². The van der Waals surface area contributed by atoms with E-state index in [9.17, 15) is 4.79 Å². The summed E-state index contributed by atoms with van der Waals surface area (Å²) in [6, 6.07) is 7.93. The first-order chi connectivity index (χ1) is 13.1. The van der Waals surface area contributed by atoms with E-state index in [-0.39, 0.29) is 11.7 Å². The molecule has 0 radical (unpaired) electrons. The molecule has 2 aromatic heterocycles. The molecule has 0 saturated heterocycles. The molecule has 140 valence electrons. The summed E-state index contributed by atoms with van der Waals surface area (Å²) in [6.45, 7) is 1.94. The lowest BCUT2D eigenvalue weighted by Crippen LogP contribution is -2.26. The minimum absolute atomic E-state index is 0.115. The van der Waals surface area contributed by atoms with Gasteiger partial charge in [-0.25, -0.2) is 0 Å². The van der Waals surface area contributed by atoms with Crippen LogP contribution >= 0.6 is 11.3 Å². The molecule has 4 rings (SSSR count). The molecule has 7 heteroatoms. The van der Waals surface area contributed by atoms with Crippen molar-refractivity contribution in [3.8, 4) is 10.6 Å². The number of fused-ring (bicyclic) bond motifs is 1. The molecule has 27 heavy (non-hydrogen) atoms. The Bertz CT molecular complexity index is 964. The average Bonchev–Trinajstić information content (AvgIpc) is 3.14. The largest absolute Gasteiger partial charge is 0.381 e. The van der Waals surface area contributed by atoms with E-state index in [4.69, 9.17) is 4.74 Å². The first-order valence-corrected chi connectivity index (χ1v) is 10.1. The van der Waals surface area contributed by atoms with E-state index in [1.54, 1.807) is 18.4 Å². The minimum Gasteiger partial charge on any atom is -0.381 e. The van der Waals surface area contributed by atoms with E-state index in [1.807, 2.05) is 31.2 Å². The van der Waals surface area contributed by atoms with Crippen molar-refractivity contribution in [2.45, 2.75) is 45.1 Å². The van der Waals surface area contributed by atoms with Crippen LogP contribution in [-0.4, -0.2) is 39.4 Å². The fourth-order valence-electron chi connectivity index (χ4n) is 3.66. The number of carbonyl (C=O) groups excluding carboxylic acids is 1. The molecular formula is C20H22N4O2S. The number of aryl methyl sites for hydroxylation is 1. The summed E-state index contributed by atoms with van der Waals surface area (Å²) in [4.78, 5) is 12.7. The maximum absolute atomic E-state index is 12.7. The van der Waals surface area contributed by atoms with Crippen molar-refractivity contribution in [1.29, 1.82) is 0 Å². The van der Waals surface area contributed by atoms with Crippen LogP contribution in [0, 0.1) is 12.8 Å². The second kappa shape index (κ2) is 7.78. The van der Waals surface area contributed by atoms with Gasteiger partial charge in [-0.2, -0.15) is 10.2 Å². The monoisotopic (exact) mass is 382 g/mol. The molecule has 1 fully saturated rings. The predicted molar refractivity (Wildman–Crippen MR) is 105 cm³/mol. The standard InChI is InChI=1S/C20H22N4O2S/c1-12-21-24-20(27-12)14-5-8-18-15(9-14)10-16(22-23-18)11-19(25)13-3-6-17(26-2)7-4-13/h5,8-10,13,17H,3-4,6-7,11H2,1-2H3. The van der Waals surface area contributed by atoms with Crippen LogP contribution in [0.1, 0.15) is 36.4 Å². The zero-order chi connectivity index (χ0) is 18.8. The zero-order valence-electron chi connectivity index (χ0n) is 15.5. The molecule has 0 atom stereocenters. The summed E-state index contributed by atoms with van der Waals surface area (Å²) >= 11 is 1.56. The smallest absolute Gasteiger partial charge is 0.147 e. The molecule has 0 aliphatic heterocycles. The third kappa shape index (κ3) is 4.04. The first-order valence-electron chi connectivity index (χ1n) is 9.24. The lowest BCUT2D eigenvalue weighted by Gasteiger charge is -2.26. The second-order valence-electron chi connectivity index (χ2n) is 7.09. The number of hydrogen-bond donors (Lipinski definition) is 0. The molecule has 1 aliphatic carbocycles. The van der Waals surface area contributed by atoms with E-state index in [0.29, 0.717) is 12.5 Å². The Labute approximate surface area is 162 Å². The Morgan fingerprint density at radius 2 is 1.93 bits per heavy atom. The van der Waals surface area contributed by atoms with Crippen molar-refractivity contribution < 1.29 is 9.53 Å². The van der Waals surface area contributed by atoms with E-state index in [2.05, 4.69) is 20.4 Å². The third-order valence-electron chi connectivity index (χ3n) is 5.23. The maximum Gasteiger partial charge on any atom is 0.147 e. The van der Waals surface area contributed by atoms with Gasteiger partial charge in [0.2, 0.25) is 0 Å². The quantitative estimate of drug-likeness (QED) is 0.668. The second-order valence-corrected chi connectivity index (χ2v) is 8.27. The highest BCUT2D eigenvalue weighted by Gasteiger charge is 2.26. The van der Waals surface area contributed by atoms with Crippen LogP contribution in [0.25, 0.3) is 21.5 Å². The number of ether oxygens (including phenoxy) is 1. The molecule has 6 nitrogen and oxygen atoms in total. The molecule has 0 bridgehead atoms. The number of Topliss-reactive ketones (excluding diaryl/α,β-unsaturated/α-hetero) is 1. The number of benzene rings is 1. The fraction of sp³-hybridized carbons (Fsp3) is 0.450. The Morgan fingerprint density at radius 3 is 2.63 bits per heavy atom. The van der Waals surface area contributed by atoms with Gasteiger partial charge in [0.1, 0.15) is 15.8 Å². The molecule has 1 aromatic carbocycles. The van der Waals surface area contributed by atoms with Gasteiger partial charge in [0, 0.05) is 24.0 Å². The van der Waals surface area contributed by atoms with Crippen molar-refractivity contribution in [2.24, 2.45) is 5.92 Å². The van der Waals surface area contributed by atoms with Gasteiger partial charge in [-0.1, -0.05) is 11.3 Å². The van der Waals surface area contributed by atoms with E-state index in [1.165, 1.54) is 0 Å². The van der Waals surface area contributed by atoms with Crippen LogP contribution in [-0.2, 0) is 16.0 Å². The van der Waals surface area contributed by atoms with Crippen LogP contribution < -0.4 is 0 Å². The van der Waals surface area contributed by atoms with Gasteiger partial charge in [0.25, 0.3) is 0 Å². The highest BCUT2D eigenvalue weighted by Crippen LogP contribution is 2.28. The lowest BCUT2D eigenvalue weighted by molar-refractivity contribution is -0.124. The number of methoxy groups -OCH3 is 1. The molecular weight excluding hydrogens is 360 g/mol. The minimum atomic E-state index is 0.115. The zero-order valence-corrected chi connectivity index (χ0v) is 16.3. The van der Waals surface area contributed by atoms with Crippen molar-refractivity contribution in [2.75, 3.05) is 7.11 Å². The SMILES string of the molecule is COC1CCC(C(=O)Cc2cc3cc(-c4nnc(C)s4)ccc3nn2)CC1. The Balaban J connectivity index is 1.51. The summed E-state index contributed by atoms with van der Waals surface area (Å²) in [5, 5.41) is 19.6. The molecule has 3 aromatic rings. The van der Waals surface area contributed by atoms with Crippen LogP contribution in [0.3, 0.4) is 0 Å². The highest BCUT2D eigenvalue weighted by atomic mass is 32.1. The number of carbonyl (C=O) groups is 1. The number of hydrogen-bond acceptors (Lipinski definition) is 7. The average molecular weight is 382 g/mol. The molecule has 1 aliphatic rings. The fourth-order valence-corrected chi connectivity index (χ4v) is 4.35. The van der Waals surface area contributed by atoms with Crippen LogP contribution in [0.4, 0.5) is 0 Å². The first kappa shape index (κ1) is 18.1. The number of rotatable bonds is 5. The molecule has 1 saturated carbocycles. The third-order valence-corrected chi connectivity index (χ3v) is 6.11. The van der Waals surface area contributed by atoms with Gasteiger partial charge in [-0.3, -0.25) is 4.79 Å². The molecule has 2 heterocycles. The van der Waals surface area contributed by atoms with Gasteiger partial charge in [0.15, 0.2) is 0 Å². The Hall–Kier alpha value is -2.25. The van der Waals surface area contributed by atoms with E-state index < -0.39 is 0 Å². The highest BCUT2D eigenvalue weighted by molar-refractivity contribution is 7.14. The predicted octanol–water partition coefficient (Wildman–Crippen LogP) is 3.77. The summed E-state index contributed by atoms with van der Waals surface area (Å²) in [7, 11) is 1.74. The van der Waals surface area contributed by atoms with Crippen molar-refractivity contribution >= 4 is 28.0 Å². The van der Waals surface area contributed by atoms with Crippen LogP contribution in [0.2, 0.25) is 0 Å². The van der Waals surface area contributed by atoms with Crippen molar-refractivity contribution in [3.05, 3.63) is 35.0 Å². The Kier molecular flexibility index (Phi) is 5.22. The molecule has 0 spiro atoms.